The summed E-state index contributed by atoms with van der Waals surface area (Å²) >= 11 is 0. The number of rotatable bonds is 9. The SMILES string of the molecule is COc1cc(/C=C\C(=O)NCCc2ccc(O[C@@H]3O[C@H](CO)[C@@H](O)[C@H](O)[C@H]3O)cc2)ccc1O. The number of aliphatic hydroxyl groups excluding tert-OH is 4. The van der Waals surface area contributed by atoms with Crippen LogP contribution in [-0.4, -0.2) is 82.4 Å². The third-order valence-electron chi connectivity index (χ3n) is 5.37. The van der Waals surface area contributed by atoms with Crippen molar-refractivity contribution in [3.8, 4) is 17.2 Å². The highest BCUT2D eigenvalue weighted by Crippen LogP contribution is 2.27. The molecule has 34 heavy (non-hydrogen) atoms. The Bertz CT molecular complexity index is 977. The number of phenols is 1. The molecule has 0 aromatic heterocycles. The molecule has 184 valence electrons. The number of benzene rings is 2. The zero-order chi connectivity index (χ0) is 24.7. The second-order valence-corrected chi connectivity index (χ2v) is 7.76. The standard InChI is InChI=1S/C24H29NO9/c1-32-18-12-15(4-8-17(18)27)5-9-20(28)25-11-10-14-2-6-16(7-3-14)33-24-23(31)22(30)21(29)19(13-26)34-24/h2-9,12,19,21-24,26-27,29-31H,10-11,13H2,1H3,(H,25,28)/b9-5-/t19-,21-,22+,23-,24-/m1/s1. The maximum absolute atomic E-state index is 12.0. The number of carbonyl (C=O) groups excluding carboxylic acids is 1. The Hall–Kier alpha value is -3.15. The number of ether oxygens (including phenoxy) is 3. The molecule has 0 radical (unpaired) electrons. The Labute approximate surface area is 196 Å². The molecular formula is C24H29NO9. The van der Waals surface area contributed by atoms with Crippen LogP contribution in [0.5, 0.6) is 17.2 Å². The van der Waals surface area contributed by atoms with Gasteiger partial charge in [0.1, 0.15) is 30.2 Å². The number of hydrogen-bond acceptors (Lipinski definition) is 9. The first-order valence-electron chi connectivity index (χ1n) is 10.7. The van der Waals surface area contributed by atoms with E-state index in [0.29, 0.717) is 30.0 Å². The van der Waals surface area contributed by atoms with Crippen molar-refractivity contribution in [3.05, 3.63) is 59.7 Å². The van der Waals surface area contributed by atoms with E-state index in [1.807, 2.05) is 0 Å². The van der Waals surface area contributed by atoms with Crippen LogP contribution in [0.4, 0.5) is 0 Å². The molecule has 1 heterocycles. The average Bonchev–Trinajstić information content (AvgIpc) is 2.84. The summed E-state index contributed by atoms with van der Waals surface area (Å²) in [7, 11) is 1.45. The second kappa shape index (κ2) is 11.8. The number of methoxy groups -OCH3 is 1. The Morgan fingerprint density at radius 1 is 1.09 bits per heavy atom. The van der Waals surface area contributed by atoms with Crippen molar-refractivity contribution in [2.75, 3.05) is 20.3 Å². The molecule has 1 saturated heterocycles. The summed E-state index contributed by atoms with van der Waals surface area (Å²) in [6.07, 6.45) is -3.17. The van der Waals surface area contributed by atoms with Crippen LogP contribution in [0.3, 0.4) is 0 Å². The van der Waals surface area contributed by atoms with Crippen LogP contribution in [0.25, 0.3) is 6.08 Å². The van der Waals surface area contributed by atoms with E-state index < -0.39 is 37.3 Å². The van der Waals surface area contributed by atoms with E-state index in [1.165, 1.54) is 19.3 Å². The quantitative estimate of drug-likeness (QED) is 0.274. The number of aromatic hydroxyl groups is 1. The van der Waals surface area contributed by atoms with Gasteiger partial charge in [-0.15, -0.1) is 0 Å². The third kappa shape index (κ3) is 6.46. The van der Waals surface area contributed by atoms with Gasteiger partial charge in [-0.2, -0.15) is 0 Å². The summed E-state index contributed by atoms with van der Waals surface area (Å²) in [5, 5.41) is 51.4. The van der Waals surface area contributed by atoms with Gasteiger partial charge in [0.15, 0.2) is 11.5 Å². The van der Waals surface area contributed by atoms with Crippen LogP contribution in [0.2, 0.25) is 0 Å². The first-order valence-corrected chi connectivity index (χ1v) is 10.7. The Balaban J connectivity index is 1.46. The molecular weight excluding hydrogens is 446 g/mol. The van der Waals surface area contributed by atoms with E-state index >= 15 is 0 Å². The minimum Gasteiger partial charge on any atom is -0.504 e. The molecule has 2 aromatic rings. The lowest BCUT2D eigenvalue weighted by Crippen LogP contribution is -2.60. The van der Waals surface area contributed by atoms with Crippen LogP contribution in [0.1, 0.15) is 11.1 Å². The zero-order valence-corrected chi connectivity index (χ0v) is 18.6. The number of carbonyl (C=O) groups is 1. The Morgan fingerprint density at radius 2 is 1.82 bits per heavy atom. The molecule has 5 atom stereocenters. The zero-order valence-electron chi connectivity index (χ0n) is 18.6. The summed E-state index contributed by atoms with van der Waals surface area (Å²) < 4.78 is 15.9. The lowest BCUT2D eigenvalue weighted by molar-refractivity contribution is -0.277. The highest BCUT2D eigenvalue weighted by Gasteiger charge is 2.44. The molecule has 1 amide bonds. The normalized spacial score (nSPS) is 24.7. The largest absolute Gasteiger partial charge is 0.504 e. The Morgan fingerprint density at radius 3 is 2.50 bits per heavy atom. The van der Waals surface area contributed by atoms with Crippen molar-refractivity contribution in [2.24, 2.45) is 0 Å². The highest BCUT2D eigenvalue weighted by atomic mass is 16.7. The molecule has 1 fully saturated rings. The molecule has 0 bridgehead atoms. The van der Waals surface area contributed by atoms with Gasteiger partial charge in [-0.3, -0.25) is 4.79 Å². The predicted octanol–water partition coefficient (Wildman–Crippen LogP) is -0.0484. The van der Waals surface area contributed by atoms with Crippen molar-refractivity contribution in [2.45, 2.75) is 37.1 Å². The van der Waals surface area contributed by atoms with Crippen molar-refractivity contribution < 1.29 is 44.5 Å². The van der Waals surface area contributed by atoms with Crippen LogP contribution >= 0.6 is 0 Å². The lowest BCUT2D eigenvalue weighted by atomic mass is 9.99. The predicted molar refractivity (Wildman–Crippen MR) is 121 cm³/mol. The van der Waals surface area contributed by atoms with E-state index in [4.69, 9.17) is 14.2 Å². The fraction of sp³-hybridized carbons (Fsp3) is 0.375. The minimum absolute atomic E-state index is 0.0220. The number of hydrogen-bond donors (Lipinski definition) is 6. The molecule has 0 spiro atoms. The molecule has 10 nitrogen and oxygen atoms in total. The van der Waals surface area contributed by atoms with Gasteiger partial charge in [-0.05, 0) is 47.9 Å². The highest BCUT2D eigenvalue weighted by molar-refractivity contribution is 5.91. The monoisotopic (exact) mass is 475 g/mol. The molecule has 0 unspecified atom stereocenters. The maximum atomic E-state index is 12.0. The van der Waals surface area contributed by atoms with Gasteiger partial charge in [0, 0.05) is 12.6 Å². The smallest absolute Gasteiger partial charge is 0.244 e. The fourth-order valence-corrected chi connectivity index (χ4v) is 3.39. The van der Waals surface area contributed by atoms with Gasteiger partial charge in [0.25, 0.3) is 0 Å². The van der Waals surface area contributed by atoms with Crippen molar-refractivity contribution in [1.82, 2.24) is 5.32 Å². The molecule has 0 saturated carbocycles. The van der Waals surface area contributed by atoms with Gasteiger partial charge in [0.2, 0.25) is 12.2 Å². The molecule has 1 aliphatic rings. The fourth-order valence-electron chi connectivity index (χ4n) is 3.39. The number of nitrogens with one attached hydrogen (secondary N) is 1. The summed E-state index contributed by atoms with van der Waals surface area (Å²) in [5.74, 6) is 0.439. The van der Waals surface area contributed by atoms with E-state index in [0.717, 1.165) is 5.56 Å². The van der Waals surface area contributed by atoms with Crippen LogP contribution in [0, 0.1) is 0 Å². The topological polar surface area (TPSA) is 158 Å². The number of amides is 1. The minimum atomic E-state index is -1.51. The molecule has 10 heteroatoms. The second-order valence-electron chi connectivity index (χ2n) is 7.76. The molecule has 6 N–H and O–H groups in total. The average molecular weight is 475 g/mol. The van der Waals surface area contributed by atoms with Crippen LogP contribution < -0.4 is 14.8 Å². The van der Waals surface area contributed by atoms with Crippen molar-refractivity contribution >= 4 is 12.0 Å². The van der Waals surface area contributed by atoms with E-state index in [9.17, 15) is 30.3 Å². The first-order chi connectivity index (χ1) is 16.3. The van der Waals surface area contributed by atoms with E-state index in [2.05, 4.69) is 5.32 Å². The van der Waals surface area contributed by atoms with Crippen LogP contribution in [-0.2, 0) is 16.0 Å². The van der Waals surface area contributed by atoms with Gasteiger partial charge in [0.05, 0.1) is 13.7 Å². The summed E-state index contributed by atoms with van der Waals surface area (Å²) in [4.78, 5) is 12.0. The first kappa shape index (κ1) is 25.5. The van der Waals surface area contributed by atoms with Crippen molar-refractivity contribution in [3.63, 3.8) is 0 Å². The third-order valence-corrected chi connectivity index (χ3v) is 5.37. The van der Waals surface area contributed by atoms with E-state index in [1.54, 1.807) is 42.5 Å². The van der Waals surface area contributed by atoms with Gasteiger partial charge < -0.3 is 45.1 Å². The summed E-state index contributed by atoms with van der Waals surface area (Å²) in [5.41, 5.74) is 1.63. The number of aliphatic hydroxyl groups is 4. The van der Waals surface area contributed by atoms with Crippen molar-refractivity contribution in [1.29, 1.82) is 0 Å². The molecule has 3 rings (SSSR count). The van der Waals surface area contributed by atoms with Gasteiger partial charge in [-0.1, -0.05) is 18.2 Å². The number of phenolic OH excluding ortho intramolecular Hbond substituents is 1. The summed E-state index contributed by atoms with van der Waals surface area (Å²) in [6.45, 7) is -0.136. The maximum Gasteiger partial charge on any atom is 0.244 e. The van der Waals surface area contributed by atoms with E-state index in [-0.39, 0.29) is 11.7 Å². The Kier molecular flexibility index (Phi) is 8.85. The lowest BCUT2D eigenvalue weighted by Gasteiger charge is -2.39. The molecule has 2 aromatic carbocycles. The van der Waals surface area contributed by atoms with Gasteiger partial charge >= 0.3 is 0 Å². The van der Waals surface area contributed by atoms with Gasteiger partial charge in [-0.25, -0.2) is 0 Å². The molecule has 0 aliphatic carbocycles. The van der Waals surface area contributed by atoms with Crippen LogP contribution in [0.15, 0.2) is 48.5 Å². The summed E-state index contributed by atoms with van der Waals surface area (Å²) in [6, 6.07) is 11.6. The molecule has 1 aliphatic heterocycles.